The van der Waals surface area contributed by atoms with Gasteiger partial charge >= 0.3 is 12.1 Å². The highest BCUT2D eigenvalue weighted by molar-refractivity contribution is 5.76. The van der Waals surface area contributed by atoms with Crippen LogP contribution in [0.25, 0.3) is 0 Å². The fourth-order valence-corrected chi connectivity index (χ4v) is 2.22. The summed E-state index contributed by atoms with van der Waals surface area (Å²) in [5, 5.41) is 11.7. The molecule has 2 aliphatic rings. The second-order valence-electron chi connectivity index (χ2n) is 5.49. The van der Waals surface area contributed by atoms with E-state index in [1.807, 2.05) is 0 Å². The summed E-state index contributed by atoms with van der Waals surface area (Å²) in [6.45, 7) is 5.25. The first-order valence-electron chi connectivity index (χ1n) is 5.84. The van der Waals surface area contributed by atoms with Gasteiger partial charge in [-0.05, 0) is 20.8 Å². The molecule has 2 aliphatic heterocycles. The van der Waals surface area contributed by atoms with Gasteiger partial charge in [-0.1, -0.05) is 12.2 Å². The minimum absolute atomic E-state index is 0.386. The van der Waals surface area contributed by atoms with E-state index in [1.165, 1.54) is 0 Å². The molecule has 0 aromatic carbocycles. The number of carbonyl (C=O) groups excluding carboxylic acids is 1. The Hall–Kier alpha value is -1.56. The van der Waals surface area contributed by atoms with Crippen molar-refractivity contribution in [2.24, 2.45) is 5.92 Å². The molecule has 6 nitrogen and oxygen atoms in total. The van der Waals surface area contributed by atoms with E-state index < -0.39 is 35.7 Å². The van der Waals surface area contributed by atoms with Gasteiger partial charge in [-0.15, -0.1) is 0 Å². The number of ether oxygens (including phenoxy) is 2. The molecule has 2 N–H and O–H groups in total. The monoisotopic (exact) mass is 255 g/mol. The minimum atomic E-state index is -0.979. The summed E-state index contributed by atoms with van der Waals surface area (Å²) in [7, 11) is 0. The Morgan fingerprint density at radius 3 is 2.44 bits per heavy atom. The maximum Gasteiger partial charge on any atom is 0.407 e. The Kier molecular flexibility index (Phi) is 3.06. The molecule has 1 fully saturated rings. The van der Waals surface area contributed by atoms with Crippen LogP contribution in [-0.4, -0.2) is 41.0 Å². The molecule has 0 spiro atoms. The van der Waals surface area contributed by atoms with Crippen molar-refractivity contribution in [3.63, 3.8) is 0 Å². The number of amides is 1. The maximum atomic E-state index is 11.7. The molecule has 1 saturated heterocycles. The molecule has 100 valence electrons. The molecule has 2 heterocycles. The number of rotatable bonds is 2. The first-order chi connectivity index (χ1) is 8.28. The second-order valence-corrected chi connectivity index (χ2v) is 5.49. The van der Waals surface area contributed by atoms with E-state index in [2.05, 4.69) is 5.32 Å². The number of carboxylic acids is 1. The summed E-state index contributed by atoms with van der Waals surface area (Å²) in [5.74, 6) is -1.74. The van der Waals surface area contributed by atoms with Crippen LogP contribution in [0.3, 0.4) is 0 Å². The predicted octanol–water partition coefficient (Wildman–Crippen LogP) is 0.918. The van der Waals surface area contributed by atoms with Crippen LogP contribution in [0.2, 0.25) is 0 Å². The van der Waals surface area contributed by atoms with Crippen molar-refractivity contribution < 1.29 is 24.2 Å². The summed E-state index contributed by atoms with van der Waals surface area (Å²) in [6.07, 6.45) is 2.02. The van der Waals surface area contributed by atoms with E-state index in [4.69, 9.17) is 14.6 Å². The lowest BCUT2D eigenvalue weighted by Crippen LogP contribution is -2.49. The van der Waals surface area contributed by atoms with Gasteiger partial charge in [0.05, 0.1) is 18.2 Å². The highest BCUT2D eigenvalue weighted by atomic mass is 16.6. The van der Waals surface area contributed by atoms with Crippen LogP contribution in [0.1, 0.15) is 20.8 Å². The number of alkyl carbamates (subject to hydrolysis) is 1. The predicted molar refractivity (Wildman–Crippen MR) is 62.1 cm³/mol. The number of carboxylic acid groups (broad SMARTS) is 1. The Labute approximate surface area is 105 Å². The van der Waals surface area contributed by atoms with Crippen LogP contribution in [0, 0.1) is 5.92 Å². The van der Waals surface area contributed by atoms with Crippen molar-refractivity contribution >= 4 is 12.1 Å². The molecule has 0 saturated carbocycles. The molecule has 6 heteroatoms. The van der Waals surface area contributed by atoms with Crippen molar-refractivity contribution in [2.45, 2.75) is 44.6 Å². The number of carbonyl (C=O) groups is 2. The summed E-state index contributed by atoms with van der Waals surface area (Å²) >= 11 is 0. The van der Waals surface area contributed by atoms with E-state index in [-0.39, 0.29) is 6.10 Å². The molecule has 0 aromatic rings. The normalized spacial score (nSPS) is 33.5. The third-order valence-electron chi connectivity index (χ3n) is 2.87. The van der Waals surface area contributed by atoms with Crippen LogP contribution < -0.4 is 5.32 Å². The topological polar surface area (TPSA) is 84.9 Å². The summed E-state index contributed by atoms with van der Waals surface area (Å²) in [5.41, 5.74) is -0.614. The molecule has 2 rings (SSSR count). The van der Waals surface area contributed by atoms with Gasteiger partial charge in [-0.2, -0.15) is 0 Å². The minimum Gasteiger partial charge on any atom is -0.481 e. The third-order valence-corrected chi connectivity index (χ3v) is 2.87. The molecular formula is C12H17NO5. The van der Waals surface area contributed by atoms with Gasteiger partial charge in [-0.3, -0.25) is 4.79 Å². The lowest BCUT2D eigenvalue weighted by Gasteiger charge is -2.25. The molecule has 0 aromatic heterocycles. The Bertz CT molecular complexity index is 398. The fraction of sp³-hybridized carbons (Fsp3) is 0.667. The highest BCUT2D eigenvalue weighted by Gasteiger charge is 2.50. The average Bonchev–Trinajstić information content (AvgIpc) is 2.73. The molecule has 4 atom stereocenters. The standard InChI is InChI=1S/C12H17NO5/c1-12(2,3)18-11(16)13-9-7-5-4-6(17-7)8(9)10(14)15/h4-9H,1-3H3,(H,13,16)(H,14,15)/t6-,7+,8?,9?/m0/s1. The number of aliphatic carboxylic acids is 1. The van der Waals surface area contributed by atoms with Crippen LogP contribution in [0.4, 0.5) is 4.79 Å². The van der Waals surface area contributed by atoms with E-state index >= 15 is 0 Å². The van der Waals surface area contributed by atoms with Crippen molar-refractivity contribution in [1.29, 1.82) is 0 Å². The summed E-state index contributed by atoms with van der Waals surface area (Å²) in [4.78, 5) is 22.8. The first kappa shape index (κ1) is 12.9. The fourth-order valence-electron chi connectivity index (χ4n) is 2.22. The number of fused-ring (bicyclic) bond motifs is 2. The molecule has 1 amide bonds. The molecule has 0 aliphatic carbocycles. The van der Waals surface area contributed by atoms with Crippen molar-refractivity contribution in [3.05, 3.63) is 12.2 Å². The van der Waals surface area contributed by atoms with Crippen LogP contribution in [-0.2, 0) is 14.3 Å². The van der Waals surface area contributed by atoms with Gasteiger partial charge in [-0.25, -0.2) is 4.79 Å². The smallest absolute Gasteiger partial charge is 0.407 e. The van der Waals surface area contributed by atoms with Gasteiger partial charge in [0.15, 0.2) is 0 Å². The summed E-state index contributed by atoms with van der Waals surface area (Å²) in [6, 6.07) is -0.577. The van der Waals surface area contributed by atoms with E-state index in [1.54, 1.807) is 32.9 Å². The van der Waals surface area contributed by atoms with Gasteiger partial charge in [0, 0.05) is 0 Å². The van der Waals surface area contributed by atoms with Crippen LogP contribution >= 0.6 is 0 Å². The SMILES string of the molecule is CC(C)(C)OC(=O)NC1C(C(=O)O)[C@@H]2C=C[C@H]1O2. The lowest BCUT2D eigenvalue weighted by molar-refractivity contribution is -0.143. The zero-order valence-electron chi connectivity index (χ0n) is 10.5. The molecular weight excluding hydrogens is 238 g/mol. The van der Waals surface area contributed by atoms with E-state index in [0.29, 0.717) is 0 Å². The first-order valence-corrected chi connectivity index (χ1v) is 5.84. The molecule has 18 heavy (non-hydrogen) atoms. The van der Waals surface area contributed by atoms with Crippen molar-refractivity contribution in [1.82, 2.24) is 5.32 Å². The molecule has 2 bridgehead atoms. The van der Waals surface area contributed by atoms with Crippen molar-refractivity contribution in [2.75, 3.05) is 0 Å². The highest BCUT2D eigenvalue weighted by Crippen LogP contribution is 2.34. The Balaban J connectivity index is 2.02. The van der Waals surface area contributed by atoms with Gasteiger partial charge < -0.3 is 19.9 Å². The molecule has 0 radical (unpaired) electrons. The largest absolute Gasteiger partial charge is 0.481 e. The Morgan fingerprint density at radius 2 is 1.89 bits per heavy atom. The zero-order valence-corrected chi connectivity index (χ0v) is 10.5. The summed E-state index contributed by atoms with van der Waals surface area (Å²) < 4.78 is 10.5. The van der Waals surface area contributed by atoms with Gasteiger partial charge in [0.1, 0.15) is 11.5 Å². The van der Waals surface area contributed by atoms with Crippen LogP contribution in [0.5, 0.6) is 0 Å². The third kappa shape index (κ3) is 2.48. The van der Waals surface area contributed by atoms with E-state index in [0.717, 1.165) is 0 Å². The number of nitrogens with one attached hydrogen (secondary N) is 1. The van der Waals surface area contributed by atoms with Gasteiger partial charge in [0.2, 0.25) is 0 Å². The average molecular weight is 255 g/mol. The maximum absolute atomic E-state index is 11.7. The Morgan fingerprint density at radius 1 is 1.28 bits per heavy atom. The van der Waals surface area contributed by atoms with Crippen LogP contribution in [0.15, 0.2) is 12.2 Å². The van der Waals surface area contributed by atoms with Gasteiger partial charge in [0.25, 0.3) is 0 Å². The number of hydrogen-bond acceptors (Lipinski definition) is 4. The number of hydrogen-bond donors (Lipinski definition) is 2. The second kappa shape index (κ2) is 4.28. The van der Waals surface area contributed by atoms with Crippen molar-refractivity contribution in [3.8, 4) is 0 Å². The lowest BCUT2D eigenvalue weighted by atomic mass is 9.89. The zero-order chi connectivity index (χ0) is 13.5. The molecule has 2 unspecified atom stereocenters. The quantitative estimate of drug-likeness (QED) is 0.717. The van der Waals surface area contributed by atoms with E-state index in [9.17, 15) is 9.59 Å².